The molecule has 0 aliphatic carbocycles. The standard InChI is InChI=1S/C29H21N3OS/c1-19-7-6-8-20(13-19)14-24-18-31-29(34-24)32-28(33)23(17-30)16-27-25-11-4-2-9-21(25)15-22-10-3-5-12-26(22)27/h2-13,15-16,18H,14H2,1H3,(H,31,32,33)/b23-16+. The van der Waals surface area contributed by atoms with Crippen molar-refractivity contribution < 1.29 is 4.79 Å². The van der Waals surface area contributed by atoms with Crippen molar-refractivity contribution in [2.24, 2.45) is 0 Å². The van der Waals surface area contributed by atoms with Gasteiger partial charge >= 0.3 is 0 Å². The Bertz CT molecular complexity index is 1550. The number of rotatable bonds is 5. The van der Waals surface area contributed by atoms with Crippen LogP contribution in [0.4, 0.5) is 5.13 Å². The summed E-state index contributed by atoms with van der Waals surface area (Å²) in [7, 11) is 0. The van der Waals surface area contributed by atoms with E-state index in [0.29, 0.717) is 5.13 Å². The second kappa shape index (κ2) is 9.30. The predicted octanol–water partition coefficient (Wildman–Crippen LogP) is 6.89. The predicted molar refractivity (Wildman–Crippen MR) is 140 cm³/mol. The number of thiazole rings is 1. The Kier molecular flexibility index (Phi) is 5.90. The van der Waals surface area contributed by atoms with Gasteiger partial charge in [0.25, 0.3) is 5.91 Å². The van der Waals surface area contributed by atoms with Crippen LogP contribution < -0.4 is 5.32 Å². The van der Waals surface area contributed by atoms with Gasteiger partial charge in [0.2, 0.25) is 0 Å². The molecule has 164 valence electrons. The van der Waals surface area contributed by atoms with Gasteiger partial charge in [-0.2, -0.15) is 5.26 Å². The van der Waals surface area contributed by atoms with Gasteiger partial charge in [0.05, 0.1) is 0 Å². The average molecular weight is 460 g/mol. The number of nitrogens with zero attached hydrogens (tertiary/aromatic N) is 2. The highest BCUT2D eigenvalue weighted by Crippen LogP contribution is 2.30. The highest BCUT2D eigenvalue weighted by molar-refractivity contribution is 7.15. The van der Waals surface area contributed by atoms with Crippen LogP contribution in [0.15, 0.2) is 90.6 Å². The Morgan fingerprint density at radius 3 is 2.38 bits per heavy atom. The van der Waals surface area contributed by atoms with Crippen LogP contribution in [0.5, 0.6) is 0 Å². The molecule has 1 aromatic heterocycles. The van der Waals surface area contributed by atoms with Crippen LogP contribution >= 0.6 is 11.3 Å². The van der Waals surface area contributed by atoms with Crippen LogP contribution in [-0.2, 0) is 11.2 Å². The number of hydrogen-bond acceptors (Lipinski definition) is 4. The molecule has 4 aromatic carbocycles. The van der Waals surface area contributed by atoms with E-state index in [1.807, 2.05) is 54.6 Å². The number of nitriles is 1. The Hall–Kier alpha value is -4.27. The van der Waals surface area contributed by atoms with Crippen LogP contribution in [0, 0.1) is 18.3 Å². The summed E-state index contributed by atoms with van der Waals surface area (Å²) >= 11 is 1.42. The van der Waals surface area contributed by atoms with E-state index >= 15 is 0 Å². The first-order valence-electron chi connectivity index (χ1n) is 10.9. The van der Waals surface area contributed by atoms with Gasteiger partial charge in [-0.05, 0) is 51.7 Å². The lowest BCUT2D eigenvalue weighted by Gasteiger charge is -2.09. The van der Waals surface area contributed by atoms with Crippen molar-refractivity contribution in [1.29, 1.82) is 5.26 Å². The summed E-state index contributed by atoms with van der Waals surface area (Å²) < 4.78 is 0. The molecule has 0 saturated carbocycles. The van der Waals surface area contributed by atoms with Crippen LogP contribution in [0.3, 0.4) is 0 Å². The minimum atomic E-state index is -0.462. The van der Waals surface area contributed by atoms with Crippen LogP contribution in [-0.4, -0.2) is 10.9 Å². The molecule has 1 amide bonds. The molecule has 0 bridgehead atoms. The quantitative estimate of drug-likeness (QED) is 0.177. The normalized spacial score (nSPS) is 11.5. The SMILES string of the molecule is Cc1cccc(Cc2cnc(NC(=O)/C(C#N)=C/c3c4ccccc4cc4ccccc34)s2)c1. The van der Waals surface area contributed by atoms with E-state index in [0.717, 1.165) is 38.4 Å². The third-order valence-corrected chi connectivity index (χ3v) is 6.61. The van der Waals surface area contributed by atoms with Crippen LogP contribution in [0.2, 0.25) is 0 Å². The van der Waals surface area contributed by atoms with Gasteiger partial charge in [0.15, 0.2) is 5.13 Å². The summed E-state index contributed by atoms with van der Waals surface area (Å²) in [6.07, 6.45) is 4.20. The van der Waals surface area contributed by atoms with Gasteiger partial charge in [-0.25, -0.2) is 4.98 Å². The molecule has 4 nitrogen and oxygen atoms in total. The van der Waals surface area contributed by atoms with Crippen molar-refractivity contribution in [3.8, 4) is 6.07 Å². The number of fused-ring (bicyclic) bond motifs is 2. The molecular weight excluding hydrogens is 438 g/mol. The van der Waals surface area contributed by atoms with Gasteiger partial charge in [-0.15, -0.1) is 11.3 Å². The molecule has 0 radical (unpaired) electrons. The van der Waals surface area contributed by atoms with Gasteiger partial charge in [-0.3, -0.25) is 10.1 Å². The number of aryl methyl sites for hydroxylation is 1. The van der Waals surface area contributed by atoms with E-state index in [1.54, 1.807) is 12.3 Å². The first-order valence-corrected chi connectivity index (χ1v) is 11.8. The number of nitrogens with one attached hydrogen (secondary N) is 1. The molecule has 0 aliphatic rings. The summed E-state index contributed by atoms with van der Waals surface area (Å²) in [4.78, 5) is 18.4. The Balaban J connectivity index is 1.44. The van der Waals surface area contributed by atoms with Gasteiger partial charge in [-0.1, -0.05) is 78.4 Å². The number of amides is 1. The molecular formula is C29H21N3OS. The third-order valence-electron chi connectivity index (χ3n) is 5.70. The highest BCUT2D eigenvalue weighted by Gasteiger charge is 2.14. The van der Waals surface area contributed by atoms with Crippen molar-refractivity contribution in [3.05, 3.63) is 112 Å². The monoisotopic (exact) mass is 459 g/mol. The Morgan fingerprint density at radius 2 is 1.71 bits per heavy atom. The second-order valence-electron chi connectivity index (χ2n) is 8.15. The number of aromatic nitrogens is 1. The number of anilines is 1. The summed E-state index contributed by atoms with van der Waals surface area (Å²) in [5, 5.41) is 17.2. The largest absolute Gasteiger partial charge is 0.297 e. The fourth-order valence-electron chi connectivity index (χ4n) is 4.13. The first-order chi connectivity index (χ1) is 16.6. The lowest BCUT2D eigenvalue weighted by molar-refractivity contribution is -0.112. The maximum atomic E-state index is 13.0. The second-order valence-corrected chi connectivity index (χ2v) is 9.27. The van der Waals surface area contributed by atoms with E-state index in [9.17, 15) is 10.1 Å². The lowest BCUT2D eigenvalue weighted by atomic mass is 9.95. The van der Waals surface area contributed by atoms with Crippen molar-refractivity contribution >= 4 is 50.0 Å². The average Bonchev–Trinajstić information content (AvgIpc) is 3.28. The summed E-state index contributed by atoms with van der Waals surface area (Å²) in [6, 6.07) is 28.5. The van der Waals surface area contributed by atoms with E-state index in [2.05, 4.69) is 47.6 Å². The Labute approximate surface area is 201 Å². The van der Waals surface area contributed by atoms with Gasteiger partial charge < -0.3 is 0 Å². The molecule has 0 aliphatic heterocycles. The van der Waals surface area contributed by atoms with E-state index in [-0.39, 0.29) is 5.57 Å². The number of hydrogen-bond donors (Lipinski definition) is 1. The summed E-state index contributed by atoms with van der Waals surface area (Å²) in [5.74, 6) is -0.462. The molecule has 0 fully saturated rings. The summed E-state index contributed by atoms with van der Waals surface area (Å²) in [5.41, 5.74) is 3.30. The topological polar surface area (TPSA) is 65.8 Å². The van der Waals surface area contributed by atoms with Gasteiger partial charge in [0, 0.05) is 17.5 Å². The smallest absolute Gasteiger partial charge is 0.268 e. The highest BCUT2D eigenvalue weighted by atomic mass is 32.1. The maximum Gasteiger partial charge on any atom is 0.268 e. The van der Waals surface area contributed by atoms with E-state index in [4.69, 9.17) is 0 Å². The van der Waals surface area contributed by atoms with Crippen LogP contribution in [0.1, 0.15) is 21.6 Å². The number of carbonyl (C=O) groups excluding carboxylic acids is 1. The molecule has 5 heteroatoms. The molecule has 1 heterocycles. The fourth-order valence-corrected chi connectivity index (χ4v) is 4.97. The fraction of sp³-hybridized carbons (Fsp3) is 0.0690. The molecule has 0 spiro atoms. The lowest BCUT2D eigenvalue weighted by Crippen LogP contribution is -2.13. The first kappa shape index (κ1) is 21.6. The molecule has 5 aromatic rings. The molecule has 1 N–H and O–H groups in total. The van der Waals surface area contributed by atoms with Gasteiger partial charge in [0.1, 0.15) is 11.6 Å². The van der Waals surface area contributed by atoms with Crippen LogP contribution in [0.25, 0.3) is 27.6 Å². The molecule has 34 heavy (non-hydrogen) atoms. The summed E-state index contributed by atoms with van der Waals surface area (Å²) in [6.45, 7) is 2.07. The minimum Gasteiger partial charge on any atom is -0.297 e. The zero-order valence-corrected chi connectivity index (χ0v) is 19.4. The van der Waals surface area contributed by atoms with E-state index < -0.39 is 5.91 Å². The minimum absolute atomic E-state index is 0.0388. The zero-order chi connectivity index (χ0) is 23.5. The molecule has 5 rings (SSSR count). The van der Waals surface area contributed by atoms with Crippen molar-refractivity contribution in [2.45, 2.75) is 13.3 Å². The molecule has 0 atom stereocenters. The molecule has 0 unspecified atom stereocenters. The molecule has 0 saturated heterocycles. The van der Waals surface area contributed by atoms with E-state index in [1.165, 1.54) is 22.5 Å². The van der Waals surface area contributed by atoms with Crippen molar-refractivity contribution in [1.82, 2.24) is 4.98 Å². The van der Waals surface area contributed by atoms with Crippen molar-refractivity contribution in [2.75, 3.05) is 5.32 Å². The number of benzene rings is 4. The Morgan fingerprint density at radius 1 is 1.00 bits per heavy atom. The third kappa shape index (κ3) is 4.45. The van der Waals surface area contributed by atoms with Crippen molar-refractivity contribution in [3.63, 3.8) is 0 Å². The maximum absolute atomic E-state index is 13.0. The zero-order valence-electron chi connectivity index (χ0n) is 18.6. The number of carbonyl (C=O) groups is 1.